The summed E-state index contributed by atoms with van der Waals surface area (Å²) in [6.45, 7) is 1.86. The van der Waals surface area contributed by atoms with Crippen LogP contribution in [0.4, 0.5) is 5.69 Å². The van der Waals surface area contributed by atoms with E-state index in [9.17, 15) is 4.79 Å². The Morgan fingerprint density at radius 3 is 2.72 bits per heavy atom. The van der Waals surface area contributed by atoms with Crippen molar-refractivity contribution in [1.29, 1.82) is 0 Å². The molecule has 0 bridgehead atoms. The van der Waals surface area contributed by atoms with Crippen molar-refractivity contribution in [3.63, 3.8) is 0 Å². The Labute approximate surface area is 151 Å². The average Bonchev–Trinajstić information content (AvgIpc) is 3.01. The molecule has 25 heavy (non-hydrogen) atoms. The molecule has 128 valence electrons. The van der Waals surface area contributed by atoms with Crippen molar-refractivity contribution in [2.45, 2.75) is 6.92 Å². The minimum atomic E-state index is -0.241. The molecule has 1 heterocycles. The topological polar surface area (TPSA) is 56.1 Å². The summed E-state index contributed by atoms with van der Waals surface area (Å²) in [6, 6.07) is 14.7. The molecule has 3 rings (SSSR count). The fourth-order valence-corrected chi connectivity index (χ4v) is 2.71. The van der Waals surface area contributed by atoms with Gasteiger partial charge in [-0.05, 0) is 42.8 Å². The molecule has 0 fully saturated rings. The third-order valence-corrected chi connectivity index (χ3v) is 4.40. The molecule has 0 aliphatic rings. The molecule has 0 atom stereocenters. The minimum absolute atomic E-state index is 0.241. The van der Waals surface area contributed by atoms with Crippen LogP contribution in [-0.4, -0.2) is 22.8 Å². The van der Waals surface area contributed by atoms with Crippen LogP contribution in [0.25, 0.3) is 11.3 Å². The standard InChI is InChI=1S/C19H18ClN3O2/c1-12-15(20)8-5-9-16(12)21-19(24)18-11-17(22-23(18)2)13-6-4-7-14(10-13)25-3/h4-11H,1-3H3,(H,21,24). The largest absolute Gasteiger partial charge is 0.497 e. The summed E-state index contributed by atoms with van der Waals surface area (Å²) in [4.78, 5) is 12.6. The van der Waals surface area contributed by atoms with Crippen molar-refractivity contribution in [2.24, 2.45) is 7.05 Å². The zero-order chi connectivity index (χ0) is 18.0. The third kappa shape index (κ3) is 3.51. The normalized spacial score (nSPS) is 10.6. The SMILES string of the molecule is COc1cccc(-c2cc(C(=O)Nc3cccc(Cl)c3C)n(C)n2)c1. The number of hydrogen-bond donors (Lipinski definition) is 1. The summed E-state index contributed by atoms with van der Waals surface area (Å²) in [5.74, 6) is 0.498. The van der Waals surface area contributed by atoms with Gasteiger partial charge >= 0.3 is 0 Å². The summed E-state index contributed by atoms with van der Waals surface area (Å²) in [6.07, 6.45) is 0. The first kappa shape index (κ1) is 17.0. The van der Waals surface area contributed by atoms with Crippen LogP contribution < -0.4 is 10.1 Å². The molecule has 0 spiro atoms. The summed E-state index contributed by atoms with van der Waals surface area (Å²) in [5, 5.41) is 7.93. The van der Waals surface area contributed by atoms with Crippen molar-refractivity contribution in [3.8, 4) is 17.0 Å². The van der Waals surface area contributed by atoms with Gasteiger partial charge in [0.2, 0.25) is 0 Å². The predicted octanol–water partition coefficient (Wildman–Crippen LogP) is 4.31. The molecule has 0 saturated carbocycles. The van der Waals surface area contributed by atoms with Crippen LogP contribution in [0.2, 0.25) is 5.02 Å². The van der Waals surface area contributed by atoms with Gasteiger partial charge in [0, 0.05) is 23.3 Å². The summed E-state index contributed by atoms with van der Waals surface area (Å²) in [7, 11) is 3.35. The second-order valence-corrected chi connectivity index (χ2v) is 6.04. The fourth-order valence-electron chi connectivity index (χ4n) is 2.53. The van der Waals surface area contributed by atoms with E-state index in [0.717, 1.165) is 16.9 Å². The number of amides is 1. The molecule has 2 aromatic carbocycles. The van der Waals surface area contributed by atoms with E-state index in [0.29, 0.717) is 22.1 Å². The van der Waals surface area contributed by atoms with E-state index >= 15 is 0 Å². The number of carbonyl (C=O) groups excluding carboxylic acids is 1. The first-order valence-corrected chi connectivity index (χ1v) is 8.12. The second kappa shape index (κ2) is 6.99. The van der Waals surface area contributed by atoms with Crippen molar-refractivity contribution >= 4 is 23.2 Å². The lowest BCUT2D eigenvalue weighted by atomic mass is 10.1. The fraction of sp³-hybridized carbons (Fsp3) is 0.158. The van der Waals surface area contributed by atoms with Crippen LogP contribution >= 0.6 is 11.6 Å². The predicted molar refractivity (Wildman–Crippen MR) is 99.3 cm³/mol. The highest BCUT2D eigenvalue weighted by Crippen LogP contribution is 2.25. The number of carbonyl (C=O) groups is 1. The molecular weight excluding hydrogens is 338 g/mol. The highest BCUT2D eigenvalue weighted by molar-refractivity contribution is 6.31. The highest BCUT2D eigenvalue weighted by Gasteiger charge is 2.16. The van der Waals surface area contributed by atoms with Crippen LogP contribution in [0.15, 0.2) is 48.5 Å². The number of ether oxygens (including phenoxy) is 1. The van der Waals surface area contributed by atoms with Gasteiger partial charge in [-0.25, -0.2) is 0 Å². The Bertz CT molecular complexity index is 934. The van der Waals surface area contributed by atoms with Gasteiger partial charge in [0.1, 0.15) is 11.4 Å². The van der Waals surface area contributed by atoms with E-state index in [1.54, 1.807) is 37.0 Å². The van der Waals surface area contributed by atoms with E-state index < -0.39 is 0 Å². The minimum Gasteiger partial charge on any atom is -0.497 e. The van der Waals surface area contributed by atoms with E-state index in [1.165, 1.54) is 0 Å². The van der Waals surface area contributed by atoms with E-state index in [4.69, 9.17) is 16.3 Å². The zero-order valence-corrected chi connectivity index (χ0v) is 15.0. The molecule has 0 radical (unpaired) electrons. The van der Waals surface area contributed by atoms with Crippen LogP contribution in [0.5, 0.6) is 5.75 Å². The maximum Gasteiger partial charge on any atom is 0.273 e. The van der Waals surface area contributed by atoms with Gasteiger partial charge in [-0.2, -0.15) is 5.10 Å². The number of rotatable bonds is 4. The second-order valence-electron chi connectivity index (χ2n) is 5.64. The molecule has 6 heteroatoms. The van der Waals surface area contributed by atoms with Gasteiger partial charge in [0.15, 0.2) is 0 Å². The lowest BCUT2D eigenvalue weighted by Gasteiger charge is -2.09. The van der Waals surface area contributed by atoms with Crippen molar-refractivity contribution in [3.05, 3.63) is 64.8 Å². The van der Waals surface area contributed by atoms with Crippen molar-refractivity contribution < 1.29 is 9.53 Å². The van der Waals surface area contributed by atoms with Gasteiger partial charge < -0.3 is 10.1 Å². The first-order valence-electron chi connectivity index (χ1n) is 7.74. The van der Waals surface area contributed by atoms with Crippen molar-refractivity contribution in [2.75, 3.05) is 12.4 Å². The number of methoxy groups -OCH3 is 1. The maximum absolute atomic E-state index is 12.6. The molecule has 1 N–H and O–H groups in total. The number of nitrogens with zero attached hydrogens (tertiary/aromatic N) is 2. The monoisotopic (exact) mass is 355 g/mol. The van der Waals surface area contributed by atoms with Crippen LogP contribution in [0, 0.1) is 6.92 Å². The molecule has 1 aromatic heterocycles. The van der Waals surface area contributed by atoms with Crippen LogP contribution in [0.3, 0.4) is 0 Å². The van der Waals surface area contributed by atoms with E-state index in [2.05, 4.69) is 10.4 Å². The molecule has 0 aliphatic carbocycles. The van der Waals surface area contributed by atoms with Gasteiger partial charge in [0.25, 0.3) is 5.91 Å². The summed E-state index contributed by atoms with van der Waals surface area (Å²) >= 11 is 6.11. The number of aryl methyl sites for hydroxylation is 1. The molecular formula is C19H18ClN3O2. The molecule has 5 nitrogen and oxygen atoms in total. The van der Waals surface area contributed by atoms with E-state index in [1.807, 2.05) is 37.3 Å². The maximum atomic E-state index is 12.6. The number of hydrogen-bond acceptors (Lipinski definition) is 3. The van der Waals surface area contributed by atoms with Crippen LogP contribution in [0.1, 0.15) is 16.1 Å². The summed E-state index contributed by atoms with van der Waals surface area (Å²) in [5.41, 5.74) is 3.55. The molecule has 0 saturated heterocycles. The third-order valence-electron chi connectivity index (χ3n) is 3.99. The molecule has 3 aromatic rings. The summed E-state index contributed by atoms with van der Waals surface area (Å²) < 4.78 is 6.80. The van der Waals surface area contributed by atoms with Gasteiger partial charge in [-0.15, -0.1) is 0 Å². The average molecular weight is 356 g/mol. The Balaban J connectivity index is 1.89. The Kier molecular flexibility index (Phi) is 4.76. The Morgan fingerprint density at radius 1 is 1.20 bits per heavy atom. The Hall–Kier alpha value is -2.79. The van der Waals surface area contributed by atoms with Crippen molar-refractivity contribution in [1.82, 2.24) is 9.78 Å². The Morgan fingerprint density at radius 2 is 1.96 bits per heavy atom. The highest BCUT2D eigenvalue weighted by atomic mass is 35.5. The number of halogens is 1. The lowest BCUT2D eigenvalue weighted by Crippen LogP contribution is -2.16. The zero-order valence-electron chi connectivity index (χ0n) is 14.2. The number of benzene rings is 2. The van der Waals surface area contributed by atoms with Gasteiger partial charge in [0.05, 0.1) is 12.8 Å². The number of aromatic nitrogens is 2. The molecule has 0 unspecified atom stereocenters. The van der Waals surface area contributed by atoms with Crippen LogP contribution in [-0.2, 0) is 7.05 Å². The molecule has 1 amide bonds. The molecule has 0 aliphatic heterocycles. The van der Waals surface area contributed by atoms with Gasteiger partial charge in [-0.1, -0.05) is 29.8 Å². The smallest absolute Gasteiger partial charge is 0.273 e. The number of nitrogens with one attached hydrogen (secondary N) is 1. The quantitative estimate of drug-likeness (QED) is 0.758. The number of anilines is 1. The lowest BCUT2D eigenvalue weighted by molar-refractivity contribution is 0.101. The van der Waals surface area contributed by atoms with E-state index in [-0.39, 0.29) is 5.91 Å². The first-order chi connectivity index (χ1) is 12.0. The van der Waals surface area contributed by atoms with Gasteiger partial charge in [-0.3, -0.25) is 9.48 Å².